The van der Waals surface area contributed by atoms with Gasteiger partial charge in [-0.1, -0.05) is 127 Å². The minimum absolute atomic E-state index is 0.476. The molecule has 1 heterocycles. The third-order valence-corrected chi connectivity index (χ3v) is 14.4. The average Bonchev–Trinajstić information content (AvgIpc) is 3.52. The summed E-state index contributed by atoms with van der Waals surface area (Å²) in [5.74, 6) is 0. The van der Waals surface area contributed by atoms with Crippen LogP contribution in [0.3, 0.4) is 0 Å². The number of para-hydroxylation sites is 1. The molecule has 4 nitrogen and oxygen atoms in total. The lowest BCUT2D eigenvalue weighted by Crippen LogP contribution is -2.74. The van der Waals surface area contributed by atoms with Crippen LogP contribution in [0.4, 0.5) is 0 Å². The predicted molar refractivity (Wildman–Crippen MR) is 204 cm³/mol. The Balaban J connectivity index is 1.43. The van der Waals surface area contributed by atoms with Gasteiger partial charge in [-0.2, -0.15) is 15.8 Å². The van der Waals surface area contributed by atoms with E-state index in [4.69, 9.17) is 0 Å². The maximum absolute atomic E-state index is 10.9. The van der Waals surface area contributed by atoms with Gasteiger partial charge < -0.3 is 4.57 Å². The summed E-state index contributed by atoms with van der Waals surface area (Å²) in [5.41, 5.74) is 5.60. The molecule has 0 aliphatic carbocycles. The number of nitrogens with zero attached hydrogens (tertiary/aromatic N) is 4. The summed E-state index contributed by atoms with van der Waals surface area (Å²) < 4.78 is 2.15. The van der Waals surface area contributed by atoms with Crippen molar-refractivity contribution in [1.82, 2.24) is 4.57 Å². The van der Waals surface area contributed by atoms with E-state index in [0.717, 1.165) is 32.7 Å². The van der Waals surface area contributed by atoms with E-state index in [2.05, 4.69) is 120 Å². The topological polar surface area (TPSA) is 76.3 Å². The molecule has 50 heavy (non-hydrogen) atoms. The monoisotopic (exact) mass is 652 g/mol. The van der Waals surface area contributed by atoms with E-state index in [1.807, 2.05) is 72.8 Å². The van der Waals surface area contributed by atoms with Crippen LogP contribution in [0.25, 0.3) is 38.6 Å². The van der Waals surface area contributed by atoms with E-state index >= 15 is 0 Å². The molecular weight excluding hydrogens is 625 g/mol. The number of hydrogen-bond acceptors (Lipinski definition) is 3. The first-order valence-electron chi connectivity index (χ1n) is 16.4. The van der Waals surface area contributed by atoms with Gasteiger partial charge in [-0.15, -0.1) is 0 Å². The minimum atomic E-state index is -2.89. The highest BCUT2D eigenvalue weighted by atomic mass is 28.3. The Kier molecular flexibility index (Phi) is 7.63. The fourth-order valence-electron chi connectivity index (χ4n) is 7.56. The lowest BCUT2D eigenvalue weighted by Gasteiger charge is -2.34. The van der Waals surface area contributed by atoms with Gasteiger partial charge in [-0.05, 0) is 63.2 Å². The Hall–Kier alpha value is -6.97. The number of benzene rings is 7. The lowest BCUT2D eigenvalue weighted by molar-refractivity contribution is 1.18. The third kappa shape index (κ3) is 4.72. The SMILES string of the molecule is N#Cc1ccc2c(c1)c1ccccc1n2-c1cccc(C#N)c1-c1ccc([Si](c2ccccc2)(c2ccccc2)c2ccccc2)cc1C#N. The lowest BCUT2D eigenvalue weighted by atomic mass is 9.94. The van der Waals surface area contributed by atoms with E-state index in [1.54, 1.807) is 0 Å². The molecule has 0 spiro atoms. The summed E-state index contributed by atoms with van der Waals surface area (Å²) in [5, 5.41) is 37.8. The van der Waals surface area contributed by atoms with Crippen molar-refractivity contribution in [2.75, 3.05) is 0 Å². The van der Waals surface area contributed by atoms with E-state index < -0.39 is 8.07 Å². The van der Waals surface area contributed by atoms with Gasteiger partial charge >= 0.3 is 0 Å². The molecule has 0 atom stereocenters. The van der Waals surface area contributed by atoms with Gasteiger partial charge in [0.15, 0.2) is 8.07 Å². The summed E-state index contributed by atoms with van der Waals surface area (Å²) >= 11 is 0. The summed E-state index contributed by atoms with van der Waals surface area (Å²) in [7, 11) is -2.89. The van der Waals surface area contributed by atoms with Crippen LogP contribution in [-0.4, -0.2) is 12.6 Å². The second kappa shape index (κ2) is 12.6. The van der Waals surface area contributed by atoms with Gasteiger partial charge in [-0.25, -0.2) is 0 Å². The van der Waals surface area contributed by atoms with Crippen LogP contribution in [0.15, 0.2) is 170 Å². The van der Waals surface area contributed by atoms with Crippen molar-refractivity contribution in [2.45, 2.75) is 0 Å². The van der Waals surface area contributed by atoms with Crippen LogP contribution in [0.5, 0.6) is 0 Å². The summed E-state index contributed by atoms with van der Waals surface area (Å²) in [6, 6.07) is 64.9. The molecule has 0 saturated heterocycles. The average molecular weight is 653 g/mol. The van der Waals surface area contributed by atoms with Crippen molar-refractivity contribution >= 4 is 50.6 Å². The van der Waals surface area contributed by atoms with Crippen LogP contribution >= 0.6 is 0 Å². The summed E-state index contributed by atoms with van der Waals surface area (Å²) in [6.45, 7) is 0. The fraction of sp³-hybridized carbons (Fsp3) is 0. The molecule has 7 aromatic carbocycles. The molecule has 0 radical (unpaired) electrons. The second-order valence-electron chi connectivity index (χ2n) is 12.2. The Bertz CT molecular complexity index is 2580. The fourth-order valence-corrected chi connectivity index (χ4v) is 12.3. The number of fused-ring (bicyclic) bond motifs is 3. The zero-order valence-corrected chi connectivity index (χ0v) is 28.0. The summed E-state index contributed by atoms with van der Waals surface area (Å²) in [6.07, 6.45) is 0. The van der Waals surface area contributed by atoms with Crippen LogP contribution in [0, 0.1) is 34.0 Å². The molecule has 0 saturated carbocycles. The number of rotatable bonds is 6. The number of hydrogen-bond donors (Lipinski definition) is 0. The van der Waals surface area contributed by atoms with Crippen molar-refractivity contribution in [3.8, 4) is 35.0 Å². The van der Waals surface area contributed by atoms with Crippen LogP contribution in [0.2, 0.25) is 0 Å². The Labute approximate surface area is 291 Å². The molecule has 8 aromatic rings. The molecule has 232 valence electrons. The van der Waals surface area contributed by atoms with Crippen molar-refractivity contribution in [3.63, 3.8) is 0 Å². The largest absolute Gasteiger partial charge is 0.309 e. The van der Waals surface area contributed by atoms with Gasteiger partial charge in [-0.3, -0.25) is 0 Å². The van der Waals surface area contributed by atoms with Gasteiger partial charge in [0.25, 0.3) is 0 Å². The quantitative estimate of drug-likeness (QED) is 0.138. The zero-order valence-electron chi connectivity index (χ0n) is 27.0. The van der Waals surface area contributed by atoms with Gasteiger partial charge in [0.05, 0.1) is 51.6 Å². The van der Waals surface area contributed by atoms with E-state index in [0.29, 0.717) is 27.8 Å². The zero-order chi connectivity index (χ0) is 34.1. The standard InChI is InChI=1S/C45H28N4Si/c46-29-32-23-26-43-41(27-32)40-20-10-11-21-42(40)49(43)44-22-12-13-33(30-47)45(44)39-25-24-38(28-34(39)31-48)50(35-14-4-1-5-15-35,36-16-6-2-7-17-36)37-18-8-3-9-19-37/h1-28H. The smallest absolute Gasteiger partial charge is 0.179 e. The highest BCUT2D eigenvalue weighted by molar-refractivity contribution is 7.19. The minimum Gasteiger partial charge on any atom is -0.309 e. The predicted octanol–water partition coefficient (Wildman–Crippen LogP) is 7.44. The molecule has 0 unspecified atom stereocenters. The van der Waals surface area contributed by atoms with Crippen molar-refractivity contribution < 1.29 is 0 Å². The first kappa shape index (κ1) is 30.4. The molecule has 0 N–H and O–H groups in total. The Morgan fingerprint density at radius 1 is 0.420 bits per heavy atom. The molecule has 1 aromatic heterocycles. The first-order chi connectivity index (χ1) is 24.7. The van der Waals surface area contributed by atoms with E-state index in [-0.39, 0.29) is 0 Å². The van der Waals surface area contributed by atoms with Crippen LogP contribution in [-0.2, 0) is 0 Å². The molecule has 8 rings (SSSR count). The molecular formula is C45H28N4Si. The maximum atomic E-state index is 10.9. The number of nitriles is 3. The van der Waals surface area contributed by atoms with Crippen molar-refractivity contribution in [3.05, 3.63) is 187 Å². The van der Waals surface area contributed by atoms with Crippen LogP contribution < -0.4 is 20.7 Å². The molecule has 0 amide bonds. The van der Waals surface area contributed by atoms with E-state index in [1.165, 1.54) is 15.6 Å². The molecule has 0 fully saturated rings. The maximum Gasteiger partial charge on any atom is 0.179 e. The Morgan fingerprint density at radius 3 is 1.60 bits per heavy atom. The third-order valence-electron chi connectivity index (χ3n) is 9.67. The summed E-state index contributed by atoms with van der Waals surface area (Å²) in [4.78, 5) is 0. The van der Waals surface area contributed by atoms with E-state index in [9.17, 15) is 15.8 Å². The first-order valence-corrected chi connectivity index (χ1v) is 18.4. The van der Waals surface area contributed by atoms with Gasteiger partial charge in [0.1, 0.15) is 0 Å². The van der Waals surface area contributed by atoms with Crippen LogP contribution in [0.1, 0.15) is 16.7 Å². The highest BCUT2D eigenvalue weighted by Crippen LogP contribution is 2.39. The molecule has 5 heteroatoms. The molecule has 0 bridgehead atoms. The highest BCUT2D eigenvalue weighted by Gasteiger charge is 2.41. The van der Waals surface area contributed by atoms with Crippen molar-refractivity contribution in [1.29, 1.82) is 15.8 Å². The van der Waals surface area contributed by atoms with Crippen molar-refractivity contribution in [2.24, 2.45) is 0 Å². The second-order valence-corrected chi connectivity index (χ2v) is 16.0. The van der Waals surface area contributed by atoms with Gasteiger partial charge in [0.2, 0.25) is 0 Å². The Morgan fingerprint density at radius 2 is 1.00 bits per heavy atom. The molecule has 0 aliphatic heterocycles. The normalized spacial score (nSPS) is 11.1. The number of aromatic nitrogens is 1. The van der Waals surface area contributed by atoms with Gasteiger partial charge in [0, 0.05) is 21.9 Å². The molecule has 0 aliphatic rings.